The standard InChI is InChI=1S/C15H17Cl2NO3/c1-8-3-2-4-12(13(8)15(20)21)14(19)18-11-6-9(16)5-10(17)7-11/h5-8,12-13H,2-4H2,1H3,(H,18,19)(H,20,21). The monoisotopic (exact) mass is 329 g/mol. The third kappa shape index (κ3) is 3.89. The number of carboxylic acid groups (broad SMARTS) is 1. The second kappa shape index (κ2) is 6.67. The Balaban J connectivity index is 2.16. The molecule has 4 nitrogen and oxygen atoms in total. The van der Waals surface area contributed by atoms with Gasteiger partial charge in [-0.3, -0.25) is 9.59 Å². The lowest BCUT2D eigenvalue weighted by molar-refractivity contribution is -0.150. The number of benzene rings is 1. The van der Waals surface area contributed by atoms with Crippen molar-refractivity contribution in [1.82, 2.24) is 0 Å². The quantitative estimate of drug-likeness (QED) is 0.878. The maximum absolute atomic E-state index is 12.4. The lowest BCUT2D eigenvalue weighted by Gasteiger charge is -2.32. The largest absolute Gasteiger partial charge is 0.481 e. The van der Waals surface area contributed by atoms with Crippen LogP contribution in [-0.4, -0.2) is 17.0 Å². The van der Waals surface area contributed by atoms with Gasteiger partial charge in [0.25, 0.3) is 0 Å². The molecule has 3 atom stereocenters. The van der Waals surface area contributed by atoms with Gasteiger partial charge in [-0.25, -0.2) is 0 Å². The minimum absolute atomic E-state index is 0.00468. The molecule has 0 bridgehead atoms. The zero-order valence-corrected chi connectivity index (χ0v) is 13.1. The van der Waals surface area contributed by atoms with E-state index in [9.17, 15) is 14.7 Å². The van der Waals surface area contributed by atoms with E-state index in [-0.39, 0.29) is 11.8 Å². The molecule has 3 unspecified atom stereocenters. The smallest absolute Gasteiger partial charge is 0.307 e. The maximum Gasteiger partial charge on any atom is 0.307 e. The summed E-state index contributed by atoms with van der Waals surface area (Å²) in [6.07, 6.45) is 2.28. The van der Waals surface area contributed by atoms with Gasteiger partial charge in [0.2, 0.25) is 5.91 Å². The fourth-order valence-corrected chi connectivity index (χ4v) is 3.51. The van der Waals surface area contributed by atoms with E-state index in [0.29, 0.717) is 22.2 Å². The number of hydrogen-bond donors (Lipinski definition) is 2. The van der Waals surface area contributed by atoms with E-state index < -0.39 is 17.8 Å². The fraction of sp³-hybridized carbons (Fsp3) is 0.467. The van der Waals surface area contributed by atoms with Crippen LogP contribution in [0.4, 0.5) is 5.69 Å². The molecule has 2 rings (SSSR count). The predicted octanol–water partition coefficient (Wildman–Crippen LogP) is 4.07. The van der Waals surface area contributed by atoms with Gasteiger partial charge >= 0.3 is 5.97 Å². The van der Waals surface area contributed by atoms with Crippen LogP contribution in [0.15, 0.2) is 18.2 Å². The summed E-state index contributed by atoms with van der Waals surface area (Å²) in [5, 5.41) is 12.9. The third-order valence-corrected chi connectivity index (χ3v) is 4.41. The van der Waals surface area contributed by atoms with Crippen molar-refractivity contribution in [3.63, 3.8) is 0 Å². The van der Waals surface area contributed by atoms with Crippen LogP contribution in [0.3, 0.4) is 0 Å². The minimum atomic E-state index is -0.911. The van der Waals surface area contributed by atoms with Gasteiger partial charge in [0.15, 0.2) is 0 Å². The first-order valence-electron chi connectivity index (χ1n) is 6.88. The van der Waals surface area contributed by atoms with Crippen molar-refractivity contribution in [2.45, 2.75) is 26.2 Å². The molecule has 1 aliphatic carbocycles. The van der Waals surface area contributed by atoms with Gasteiger partial charge in [-0.2, -0.15) is 0 Å². The van der Waals surface area contributed by atoms with E-state index in [4.69, 9.17) is 23.2 Å². The molecule has 1 amide bonds. The van der Waals surface area contributed by atoms with E-state index in [1.165, 1.54) is 0 Å². The minimum Gasteiger partial charge on any atom is -0.481 e. The Hall–Kier alpha value is -1.26. The molecule has 1 aromatic carbocycles. The van der Waals surface area contributed by atoms with E-state index in [0.717, 1.165) is 12.8 Å². The summed E-state index contributed by atoms with van der Waals surface area (Å²) in [5.41, 5.74) is 0.486. The van der Waals surface area contributed by atoms with Gasteiger partial charge in [-0.1, -0.05) is 36.5 Å². The summed E-state index contributed by atoms with van der Waals surface area (Å²) in [7, 11) is 0. The van der Waals surface area contributed by atoms with Crippen LogP contribution in [0.2, 0.25) is 10.0 Å². The van der Waals surface area contributed by atoms with Crippen molar-refractivity contribution in [2.75, 3.05) is 5.32 Å². The Bertz CT molecular complexity index is 542. The SMILES string of the molecule is CC1CCCC(C(=O)Nc2cc(Cl)cc(Cl)c2)C1C(=O)O. The van der Waals surface area contributed by atoms with E-state index >= 15 is 0 Å². The Morgan fingerprint density at radius 2 is 1.81 bits per heavy atom. The van der Waals surface area contributed by atoms with Gasteiger partial charge in [-0.15, -0.1) is 0 Å². The summed E-state index contributed by atoms with van der Waals surface area (Å²) in [5.74, 6) is -2.37. The number of amides is 1. The number of halogens is 2. The first-order chi connectivity index (χ1) is 9.88. The molecule has 2 N–H and O–H groups in total. The van der Waals surface area contributed by atoms with E-state index in [1.54, 1.807) is 18.2 Å². The van der Waals surface area contributed by atoms with Crippen LogP contribution in [0.5, 0.6) is 0 Å². The second-order valence-corrected chi connectivity index (χ2v) is 6.40. The highest BCUT2D eigenvalue weighted by atomic mass is 35.5. The summed E-state index contributed by atoms with van der Waals surface area (Å²) in [4.78, 5) is 23.8. The third-order valence-electron chi connectivity index (χ3n) is 3.97. The number of carbonyl (C=O) groups is 2. The Morgan fingerprint density at radius 1 is 1.19 bits per heavy atom. The second-order valence-electron chi connectivity index (χ2n) is 5.53. The van der Waals surface area contributed by atoms with Crippen LogP contribution in [0.1, 0.15) is 26.2 Å². The molecule has 0 aliphatic heterocycles. The van der Waals surface area contributed by atoms with Crippen molar-refractivity contribution < 1.29 is 14.7 Å². The van der Waals surface area contributed by atoms with Crippen LogP contribution < -0.4 is 5.32 Å². The number of anilines is 1. The van der Waals surface area contributed by atoms with Crippen molar-refractivity contribution in [1.29, 1.82) is 0 Å². The number of carbonyl (C=O) groups excluding carboxylic acids is 1. The number of nitrogens with one attached hydrogen (secondary N) is 1. The summed E-state index contributed by atoms with van der Waals surface area (Å²) >= 11 is 11.8. The lowest BCUT2D eigenvalue weighted by Crippen LogP contribution is -2.40. The molecule has 1 saturated carbocycles. The maximum atomic E-state index is 12.4. The normalized spacial score (nSPS) is 25.4. The number of rotatable bonds is 3. The van der Waals surface area contributed by atoms with Crippen LogP contribution in [-0.2, 0) is 9.59 Å². The fourth-order valence-electron chi connectivity index (χ4n) is 2.99. The van der Waals surface area contributed by atoms with Crippen LogP contribution in [0.25, 0.3) is 0 Å². The highest BCUT2D eigenvalue weighted by molar-refractivity contribution is 6.35. The summed E-state index contributed by atoms with van der Waals surface area (Å²) in [6.45, 7) is 1.88. The highest BCUT2D eigenvalue weighted by Gasteiger charge is 2.40. The van der Waals surface area contributed by atoms with Crippen molar-refractivity contribution in [2.24, 2.45) is 17.8 Å². The zero-order chi connectivity index (χ0) is 15.6. The molecule has 21 heavy (non-hydrogen) atoms. The Labute approximate surface area is 133 Å². The van der Waals surface area contributed by atoms with Gasteiger partial charge in [0, 0.05) is 15.7 Å². The molecule has 1 aromatic rings. The molecule has 0 aromatic heterocycles. The molecule has 1 fully saturated rings. The Kier molecular flexibility index (Phi) is 5.12. The number of carboxylic acids is 1. The van der Waals surface area contributed by atoms with E-state index in [2.05, 4.69) is 5.32 Å². The summed E-state index contributed by atoms with van der Waals surface area (Å²) < 4.78 is 0. The van der Waals surface area contributed by atoms with Gasteiger partial charge < -0.3 is 10.4 Å². The molecular weight excluding hydrogens is 313 g/mol. The average molecular weight is 330 g/mol. The first-order valence-corrected chi connectivity index (χ1v) is 7.64. The molecular formula is C15H17Cl2NO3. The van der Waals surface area contributed by atoms with Crippen molar-refractivity contribution in [3.05, 3.63) is 28.2 Å². The zero-order valence-electron chi connectivity index (χ0n) is 11.6. The highest BCUT2D eigenvalue weighted by Crippen LogP contribution is 2.36. The van der Waals surface area contributed by atoms with Crippen LogP contribution >= 0.6 is 23.2 Å². The van der Waals surface area contributed by atoms with Gasteiger partial charge in [0.1, 0.15) is 0 Å². The average Bonchev–Trinajstić information content (AvgIpc) is 2.36. The Morgan fingerprint density at radius 3 is 2.38 bits per heavy atom. The number of aliphatic carboxylic acids is 1. The molecule has 0 spiro atoms. The first kappa shape index (κ1) is 16.1. The molecule has 1 aliphatic rings. The predicted molar refractivity (Wildman–Crippen MR) is 82.7 cm³/mol. The lowest BCUT2D eigenvalue weighted by atomic mass is 9.72. The molecule has 6 heteroatoms. The molecule has 0 heterocycles. The summed E-state index contributed by atoms with van der Waals surface area (Å²) in [6, 6.07) is 4.75. The topological polar surface area (TPSA) is 66.4 Å². The number of hydrogen-bond acceptors (Lipinski definition) is 2. The molecule has 0 radical (unpaired) electrons. The van der Waals surface area contributed by atoms with Gasteiger partial charge in [-0.05, 0) is 37.0 Å². The van der Waals surface area contributed by atoms with Crippen molar-refractivity contribution >= 4 is 40.8 Å². The van der Waals surface area contributed by atoms with Crippen molar-refractivity contribution in [3.8, 4) is 0 Å². The van der Waals surface area contributed by atoms with Crippen LogP contribution in [0, 0.1) is 17.8 Å². The van der Waals surface area contributed by atoms with E-state index in [1.807, 2.05) is 6.92 Å². The molecule has 0 saturated heterocycles. The van der Waals surface area contributed by atoms with Gasteiger partial charge in [0.05, 0.1) is 11.8 Å². The molecule has 114 valence electrons.